The van der Waals surface area contributed by atoms with E-state index in [-0.39, 0.29) is 0 Å². The number of nitrogens with one attached hydrogen (secondary N) is 2. The van der Waals surface area contributed by atoms with Crippen molar-refractivity contribution in [3.63, 3.8) is 0 Å². The number of halogens is 1. The highest BCUT2D eigenvalue weighted by Crippen LogP contribution is 2.22. The van der Waals surface area contributed by atoms with Crippen molar-refractivity contribution in [1.82, 2.24) is 0 Å². The molecule has 0 saturated carbocycles. The van der Waals surface area contributed by atoms with Crippen LogP contribution in [0.4, 0.5) is 17.1 Å². The van der Waals surface area contributed by atoms with Gasteiger partial charge < -0.3 is 16.4 Å². The standard InChI is InChI=1S/C15H14ClN3O2/c1-9-2-4-10(5-3-9)18-14(20)15(21)19-11-6-7-13(17)12(16)8-11/h2-8H,17H2,1H3,(H,18,20)(H,19,21). The molecular formula is C15H14ClN3O2. The number of carbonyl (C=O) groups excluding carboxylic acids is 2. The summed E-state index contributed by atoms with van der Waals surface area (Å²) in [6.45, 7) is 1.93. The molecule has 0 fully saturated rings. The van der Waals surface area contributed by atoms with Crippen LogP contribution in [0.25, 0.3) is 0 Å². The molecule has 0 atom stereocenters. The molecule has 4 N–H and O–H groups in total. The van der Waals surface area contributed by atoms with Crippen molar-refractivity contribution in [2.75, 3.05) is 16.4 Å². The fourth-order valence-corrected chi connectivity index (χ4v) is 1.80. The average Bonchev–Trinajstić information content (AvgIpc) is 2.45. The van der Waals surface area contributed by atoms with Gasteiger partial charge in [0.05, 0.1) is 10.7 Å². The normalized spacial score (nSPS) is 10.0. The van der Waals surface area contributed by atoms with Crippen LogP contribution in [0.2, 0.25) is 5.02 Å². The number of carbonyl (C=O) groups is 2. The molecule has 0 unspecified atom stereocenters. The van der Waals surface area contributed by atoms with E-state index in [4.69, 9.17) is 17.3 Å². The first kappa shape index (κ1) is 14.9. The van der Waals surface area contributed by atoms with Crippen molar-refractivity contribution in [3.05, 3.63) is 53.1 Å². The van der Waals surface area contributed by atoms with E-state index in [0.717, 1.165) is 5.56 Å². The number of aryl methyl sites for hydroxylation is 1. The second-order valence-corrected chi connectivity index (χ2v) is 4.92. The van der Waals surface area contributed by atoms with Crippen molar-refractivity contribution >= 4 is 40.5 Å². The van der Waals surface area contributed by atoms with Crippen LogP contribution in [-0.4, -0.2) is 11.8 Å². The first-order valence-corrected chi connectivity index (χ1v) is 6.57. The summed E-state index contributed by atoms with van der Waals surface area (Å²) in [5.41, 5.74) is 7.99. The molecule has 0 bridgehead atoms. The summed E-state index contributed by atoms with van der Waals surface area (Å²) in [5.74, 6) is -1.54. The minimum Gasteiger partial charge on any atom is -0.398 e. The second-order valence-electron chi connectivity index (χ2n) is 4.51. The van der Waals surface area contributed by atoms with E-state index in [9.17, 15) is 9.59 Å². The van der Waals surface area contributed by atoms with Crippen LogP contribution in [0.15, 0.2) is 42.5 Å². The van der Waals surface area contributed by atoms with Crippen molar-refractivity contribution < 1.29 is 9.59 Å². The van der Waals surface area contributed by atoms with Gasteiger partial charge in [-0.25, -0.2) is 0 Å². The average molecular weight is 304 g/mol. The minimum absolute atomic E-state index is 0.312. The van der Waals surface area contributed by atoms with E-state index in [1.165, 1.54) is 6.07 Å². The Morgan fingerprint density at radius 3 is 2.05 bits per heavy atom. The van der Waals surface area contributed by atoms with Gasteiger partial charge in [-0.05, 0) is 37.3 Å². The number of amides is 2. The maximum Gasteiger partial charge on any atom is 0.314 e. The molecule has 0 aliphatic heterocycles. The molecule has 2 aromatic rings. The predicted molar refractivity (Wildman–Crippen MR) is 84.3 cm³/mol. The van der Waals surface area contributed by atoms with Gasteiger partial charge in [-0.15, -0.1) is 0 Å². The third-order valence-electron chi connectivity index (χ3n) is 2.77. The van der Waals surface area contributed by atoms with Crippen molar-refractivity contribution in [1.29, 1.82) is 0 Å². The lowest BCUT2D eigenvalue weighted by Gasteiger charge is -2.07. The molecule has 0 spiro atoms. The molecule has 21 heavy (non-hydrogen) atoms. The zero-order valence-corrected chi connectivity index (χ0v) is 12.1. The number of hydrogen-bond acceptors (Lipinski definition) is 3. The maximum atomic E-state index is 11.8. The Morgan fingerprint density at radius 2 is 1.48 bits per heavy atom. The van der Waals surface area contributed by atoms with Gasteiger partial charge in [-0.3, -0.25) is 9.59 Å². The highest BCUT2D eigenvalue weighted by atomic mass is 35.5. The first-order chi connectivity index (χ1) is 9.95. The number of hydrogen-bond donors (Lipinski definition) is 3. The Morgan fingerprint density at radius 1 is 0.952 bits per heavy atom. The molecule has 2 rings (SSSR count). The van der Waals surface area contributed by atoms with E-state index in [2.05, 4.69) is 10.6 Å². The van der Waals surface area contributed by atoms with E-state index >= 15 is 0 Å². The van der Waals surface area contributed by atoms with Crippen LogP contribution in [0.5, 0.6) is 0 Å². The molecule has 0 aliphatic rings. The van der Waals surface area contributed by atoms with E-state index < -0.39 is 11.8 Å². The summed E-state index contributed by atoms with van der Waals surface area (Å²) >= 11 is 5.84. The Hall–Kier alpha value is -2.53. The number of nitrogen functional groups attached to an aromatic ring is 1. The van der Waals surface area contributed by atoms with Gasteiger partial charge in [0, 0.05) is 11.4 Å². The highest BCUT2D eigenvalue weighted by Gasteiger charge is 2.14. The van der Waals surface area contributed by atoms with Gasteiger partial charge in [0.25, 0.3) is 0 Å². The maximum absolute atomic E-state index is 11.8. The lowest BCUT2D eigenvalue weighted by molar-refractivity contribution is -0.132. The SMILES string of the molecule is Cc1ccc(NC(=O)C(=O)Nc2ccc(N)c(Cl)c2)cc1. The Bertz CT molecular complexity index is 684. The summed E-state index contributed by atoms with van der Waals surface area (Å²) < 4.78 is 0. The molecule has 2 aromatic carbocycles. The van der Waals surface area contributed by atoms with Gasteiger partial charge >= 0.3 is 11.8 Å². The summed E-state index contributed by atoms with van der Waals surface area (Å²) in [4.78, 5) is 23.6. The van der Waals surface area contributed by atoms with Crippen molar-refractivity contribution in [2.45, 2.75) is 6.92 Å². The van der Waals surface area contributed by atoms with Crippen molar-refractivity contribution in [2.24, 2.45) is 0 Å². The van der Waals surface area contributed by atoms with Crippen LogP contribution < -0.4 is 16.4 Å². The molecule has 0 heterocycles. The van der Waals surface area contributed by atoms with E-state index in [1.807, 2.05) is 19.1 Å². The highest BCUT2D eigenvalue weighted by molar-refractivity contribution is 6.43. The molecule has 108 valence electrons. The number of anilines is 3. The largest absolute Gasteiger partial charge is 0.398 e. The van der Waals surface area contributed by atoms with Gasteiger partial charge in [0.1, 0.15) is 0 Å². The molecule has 6 heteroatoms. The van der Waals surface area contributed by atoms with Crippen LogP contribution in [0, 0.1) is 6.92 Å². The monoisotopic (exact) mass is 303 g/mol. The third-order valence-corrected chi connectivity index (χ3v) is 3.10. The zero-order chi connectivity index (χ0) is 15.4. The Balaban J connectivity index is 2.00. The molecule has 2 amide bonds. The summed E-state index contributed by atoms with van der Waals surface area (Å²) in [5, 5.41) is 5.27. The summed E-state index contributed by atoms with van der Waals surface area (Å²) in [7, 11) is 0. The number of rotatable bonds is 2. The smallest absolute Gasteiger partial charge is 0.314 e. The van der Waals surface area contributed by atoms with E-state index in [0.29, 0.717) is 22.1 Å². The van der Waals surface area contributed by atoms with Gasteiger partial charge in [-0.2, -0.15) is 0 Å². The third kappa shape index (κ3) is 3.97. The minimum atomic E-state index is -0.781. The van der Waals surface area contributed by atoms with Gasteiger partial charge in [-0.1, -0.05) is 29.3 Å². The molecule has 0 aromatic heterocycles. The fraction of sp³-hybridized carbons (Fsp3) is 0.0667. The number of benzene rings is 2. The molecule has 5 nitrogen and oxygen atoms in total. The quantitative estimate of drug-likeness (QED) is 0.589. The second kappa shape index (κ2) is 6.28. The van der Waals surface area contributed by atoms with Crippen LogP contribution in [0.1, 0.15) is 5.56 Å². The molecular weight excluding hydrogens is 290 g/mol. The molecule has 0 saturated heterocycles. The van der Waals surface area contributed by atoms with Gasteiger partial charge in [0.2, 0.25) is 0 Å². The zero-order valence-electron chi connectivity index (χ0n) is 11.3. The lowest BCUT2D eigenvalue weighted by atomic mass is 10.2. The molecule has 0 aliphatic carbocycles. The predicted octanol–water partition coefficient (Wildman–Crippen LogP) is 2.81. The van der Waals surface area contributed by atoms with Crippen molar-refractivity contribution in [3.8, 4) is 0 Å². The Kier molecular flexibility index (Phi) is 4.45. The summed E-state index contributed by atoms with van der Waals surface area (Å²) in [6, 6.07) is 11.7. The van der Waals surface area contributed by atoms with Crippen LogP contribution >= 0.6 is 11.6 Å². The topological polar surface area (TPSA) is 84.2 Å². The summed E-state index contributed by atoms with van der Waals surface area (Å²) in [6.07, 6.45) is 0. The number of nitrogens with two attached hydrogens (primary N) is 1. The lowest BCUT2D eigenvalue weighted by Crippen LogP contribution is -2.29. The van der Waals surface area contributed by atoms with Crippen LogP contribution in [0.3, 0.4) is 0 Å². The fourth-order valence-electron chi connectivity index (χ4n) is 1.62. The van der Waals surface area contributed by atoms with E-state index in [1.54, 1.807) is 24.3 Å². The Labute approximate surface area is 127 Å². The molecule has 0 radical (unpaired) electrons. The first-order valence-electron chi connectivity index (χ1n) is 6.20. The van der Waals surface area contributed by atoms with Crippen LogP contribution in [-0.2, 0) is 9.59 Å². The van der Waals surface area contributed by atoms with Gasteiger partial charge in [0.15, 0.2) is 0 Å².